The smallest absolute Gasteiger partial charge is 0.241 e. The average molecular weight is 234 g/mol. The quantitative estimate of drug-likeness (QED) is 0.844. The van der Waals surface area contributed by atoms with Crippen LogP contribution in [-0.4, -0.2) is 11.9 Å². The fraction of sp³-hybridized carbons (Fsp3) is 0.500. The predicted octanol–water partition coefficient (Wildman–Crippen LogP) is 2.53. The highest BCUT2D eigenvalue weighted by molar-refractivity contribution is 5.96. The Morgan fingerprint density at radius 3 is 2.06 bits per heavy atom. The van der Waals surface area contributed by atoms with Gasteiger partial charge >= 0.3 is 0 Å². The van der Waals surface area contributed by atoms with Gasteiger partial charge in [0.15, 0.2) is 0 Å². The molecule has 1 rings (SSSR count). The summed E-state index contributed by atoms with van der Waals surface area (Å²) in [5, 5.41) is 2.92. The first-order chi connectivity index (χ1) is 7.82. The first kappa shape index (κ1) is 13.7. The van der Waals surface area contributed by atoms with Crippen LogP contribution in [-0.2, 0) is 4.79 Å². The molecule has 0 fully saturated rings. The Balaban J connectivity index is 2.93. The SMILES string of the molecule is Cc1cc(C)c(NC(=O)[C@H](N)C(C)C)c(C)c1. The van der Waals surface area contributed by atoms with Gasteiger partial charge in [0.2, 0.25) is 5.91 Å². The van der Waals surface area contributed by atoms with Gasteiger partial charge in [-0.15, -0.1) is 0 Å². The third-order valence-electron chi connectivity index (χ3n) is 2.95. The van der Waals surface area contributed by atoms with E-state index in [1.54, 1.807) is 0 Å². The molecule has 0 aliphatic heterocycles. The van der Waals surface area contributed by atoms with E-state index in [1.165, 1.54) is 5.56 Å². The molecule has 0 radical (unpaired) electrons. The number of nitrogens with two attached hydrogens (primary N) is 1. The molecular weight excluding hydrogens is 212 g/mol. The van der Waals surface area contributed by atoms with E-state index < -0.39 is 6.04 Å². The number of benzene rings is 1. The number of amides is 1. The summed E-state index contributed by atoms with van der Waals surface area (Å²) >= 11 is 0. The van der Waals surface area contributed by atoms with Crippen molar-refractivity contribution in [3.63, 3.8) is 0 Å². The van der Waals surface area contributed by atoms with Crippen molar-refractivity contribution in [2.75, 3.05) is 5.32 Å². The Labute approximate surface area is 103 Å². The molecule has 1 atom stereocenters. The molecule has 0 bridgehead atoms. The van der Waals surface area contributed by atoms with E-state index in [-0.39, 0.29) is 11.8 Å². The molecule has 3 N–H and O–H groups in total. The number of hydrogen-bond donors (Lipinski definition) is 2. The zero-order valence-electron chi connectivity index (χ0n) is 11.3. The lowest BCUT2D eigenvalue weighted by Crippen LogP contribution is -2.40. The largest absolute Gasteiger partial charge is 0.324 e. The van der Waals surface area contributed by atoms with E-state index >= 15 is 0 Å². The summed E-state index contributed by atoms with van der Waals surface area (Å²) in [6.45, 7) is 9.93. The third-order valence-corrected chi connectivity index (χ3v) is 2.95. The van der Waals surface area contributed by atoms with Crippen LogP contribution in [0.3, 0.4) is 0 Å². The molecule has 0 saturated heterocycles. The lowest BCUT2D eigenvalue weighted by molar-refractivity contribution is -0.118. The van der Waals surface area contributed by atoms with Crippen molar-refractivity contribution >= 4 is 11.6 Å². The Morgan fingerprint density at radius 1 is 1.18 bits per heavy atom. The number of aryl methyl sites for hydroxylation is 3. The van der Waals surface area contributed by atoms with E-state index in [9.17, 15) is 4.79 Å². The zero-order chi connectivity index (χ0) is 13.2. The lowest BCUT2D eigenvalue weighted by Gasteiger charge is -2.18. The van der Waals surface area contributed by atoms with Gasteiger partial charge in [-0.05, 0) is 37.8 Å². The normalized spacial score (nSPS) is 12.6. The standard InChI is InChI=1S/C14H22N2O/c1-8(2)12(15)14(17)16-13-10(4)6-9(3)7-11(13)5/h6-8,12H,15H2,1-5H3,(H,16,17)/t12-/m1/s1. The Morgan fingerprint density at radius 2 is 1.65 bits per heavy atom. The molecule has 1 amide bonds. The first-order valence-electron chi connectivity index (χ1n) is 5.97. The van der Waals surface area contributed by atoms with E-state index in [2.05, 4.69) is 17.4 Å². The summed E-state index contributed by atoms with van der Waals surface area (Å²) in [5.41, 5.74) is 10.1. The van der Waals surface area contributed by atoms with Gasteiger partial charge in [-0.2, -0.15) is 0 Å². The Hall–Kier alpha value is -1.35. The number of carbonyl (C=O) groups is 1. The van der Waals surface area contributed by atoms with Crippen molar-refractivity contribution < 1.29 is 4.79 Å². The fourth-order valence-corrected chi connectivity index (χ4v) is 1.89. The van der Waals surface area contributed by atoms with Gasteiger partial charge in [0.1, 0.15) is 0 Å². The van der Waals surface area contributed by atoms with Gasteiger partial charge < -0.3 is 11.1 Å². The van der Waals surface area contributed by atoms with Gasteiger partial charge in [-0.3, -0.25) is 4.79 Å². The molecule has 0 spiro atoms. The maximum absolute atomic E-state index is 11.9. The minimum absolute atomic E-state index is 0.116. The predicted molar refractivity (Wildman–Crippen MR) is 72.1 cm³/mol. The topological polar surface area (TPSA) is 55.1 Å². The van der Waals surface area contributed by atoms with Gasteiger partial charge in [-0.1, -0.05) is 31.5 Å². The highest BCUT2D eigenvalue weighted by Crippen LogP contribution is 2.22. The van der Waals surface area contributed by atoms with Crippen LogP contribution < -0.4 is 11.1 Å². The monoisotopic (exact) mass is 234 g/mol. The van der Waals surface area contributed by atoms with E-state index in [1.807, 2.05) is 34.6 Å². The fourth-order valence-electron chi connectivity index (χ4n) is 1.89. The molecular formula is C14H22N2O. The highest BCUT2D eigenvalue weighted by Gasteiger charge is 2.18. The summed E-state index contributed by atoms with van der Waals surface area (Å²) in [4.78, 5) is 11.9. The summed E-state index contributed by atoms with van der Waals surface area (Å²) in [6, 6.07) is 3.66. The molecule has 0 unspecified atom stereocenters. The summed E-state index contributed by atoms with van der Waals surface area (Å²) in [5.74, 6) is 0.0242. The maximum atomic E-state index is 11.9. The third kappa shape index (κ3) is 3.30. The second-order valence-electron chi connectivity index (χ2n) is 5.03. The molecule has 0 saturated carbocycles. The first-order valence-corrected chi connectivity index (χ1v) is 5.97. The molecule has 1 aromatic rings. The maximum Gasteiger partial charge on any atom is 0.241 e. The second kappa shape index (κ2) is 5.32. The average Bonchev–Trinajstić information content (AvgIpc) is 2.21. The number of hydrogen-bond acceptors (Lipinski definition) is 2. The van der Waals surface area contributed by atoms with Gasteiger partial charge in [0, 0.05) is 5.69 Å². The van der Waals surface area contributed by atoms with Gasteiger partial charge in [0.25, 0.3) is 0 Å². The van der Waals surface area contributed by atoms with Crippen LogP contribution in [0.1, 0.15) is 30.5 Å². The van der Waals surface area contributed by atoms with Gasteiger partial charge in [0.05, 0.1) is 6.04 Å². The molecule has 1 aromatic carbocycles. The van der Waals surface area contributed by atoms with Crippen molar-refractivity contribution in [3.05, 3.63) is 28.8 Å². The Kier molecular flexibility index (Phi) is 4.29. The molecule has 3 heteroatoms. The lowest BCUT2D eigenvalue weighted by atomic mass is 10.0. The summed E-state index contributed by atoms with van der Waals surface area (Å²) in [6.07, 6.45) is 0. The van der Waals surface area contributed by atoms with Crippen molar-refractivity contribution in [1.82, 2.24) is 0 Å². The molecule has 17 heavy (non-hydrogen) atoms. The van der Waals surface area contributed by atoms with Crippen molar-refractivity contribution in [2.45, 2.75) is 40.7 Å². The minimum Gasteiger partial charge on any atom is -0.324 e. The molecule has 0 aliphatic rings. The Bertz CT molecular complexity index is 401. The highest BCUT2D eigenvalue weighted by atomic mass is 16.2. The summed E-state index contributed by atoms with van der Waals surface area (Å²) < 4.78 is 0. The zero-order valence-corrected chi connectivity index (χ0v) is 11.3. The number of carbonyl (C=O) groups excluding carboxylic acids is 1. The molecule has 0 aromatic heterocycles. The van der Waals surface area contributed by atoms with E-state index in [0.29, 0.717) is 0 Å². The molecule has 0 heterocycles. The van der Waals surface area contributed by atoms with Crippen LogP contribution in [0.4, 0.5) is 5.69 Å². The van der Waals surface area contributed by atoms with Crippen molar-refractivity contribution in [2.24, 2.45) is 11.7 Å². The number of rotatable bonds is 3. The second-order valence-corrected chi connectivity index (χ2v) is 5.03. The van der Waals surface area contributed by atoms with E-state index in [0.717, 1.165) is 16.8 Å². The van der Waals surface area contributed by atoms with Crippen LogP contribution >= 0.6 is 0 Å². The molecule has 3 nitrogen and oxygen atoms in total. The van der Waals surface area contributed by atoms with E-state index in [4.69, 9.17) is 5.73 Å². The summed E-state index contributed by atoms with van der Waals surface area (Å²) in [7, 11) is 0. The van der Waals surface area contributed by atoms with Crippen LogP contribution in [0.25, 0.3) is 0 Å². The molecule has 94 valence electrons. The van der Waals surface area contributed by atoms with Crippen LogP contribution in [0.2, 0.25) is 0 Å². The number of nitrogens with one attached hydrogen (secondary N) is 1. The molecule has 0 aliphatic carbocycles. The van der Waals surface area contributed by atoms with Crippen LogP contribution in [0.15, 0.2) is 12.1 Å². The minimum atomic E-state index is -0.463. The van der Waals surface area contributed by atoms with Crippen LogP contribution in [0, 0.1) is 26.7 Å². The van der Waals surface area contributed by atoms with Crippen LogP contribution in [0.5, 0.6) is 0 Å². The van der Waals surface area contributed by atoms with Gasteiger partial charge in [-0.25, -0.2) is 0 Å². The van der Waals surface area contributed by atoms with Crippen molar-refractivity contribution in [3.8, 4) is 0 Å². The van der Waals surface area contributed by atoms with Crippen molar-refractivity contribution in [1.29, 1.82) is 0 Å². The number of anilines is 1.